The second kappa shape index (κ2) is 3.59. The molecular weight excluding hydrogens is 179 g/mol. The van der Waals surface area contributed by atoms with E-state index in [1.54, 1.807) is 0 Å². The molecule has 1 rings (SSSR count). The Morgan fingerprint density at radius 3 is 2.75 bits per heavy atom. The van der Waals surface area contributed by atoms with Gasteiger partial charge in [0.1, 0.15) is 11.6 Å². The summed E-state index contributed by atoms with van der Waals surface area (Å²) >= 11 is 5.47. The van der Waals surface area contributed by atoms with Crippen LogP contribution in [0.1, 0.15) is 5.56 Å². The molecule has 0 radical (unpaired) electrons. The molecule has 12 heavy (non-hydrogen) atoms. The van der Waals surface area contributed by atoms with Crippen molar-refractivity contribution in [1.29, 1.82) is 0 Å². The highest BCUT2D eigenvalue weighted by atomic mass is 35.5. The molecule has 64 valence electrons. The van der Waals surface area contributed by atoms with E-state index in [1.807, 2.05) is 0 Å². The Balaban J connectivity index is 3.09. The van der Waals surface area contributed by atoms with E-state index < -0.39 is 5.82 Å². The third kappa shape index (κ3) is 1.77. The van der Waals surface area contributed by atoms with Crippen LogP contribution < -0.4 is 0 Å². The van der Waals surface area contributed by atoms with Gasteiger partial charge in [-0.2, -0.15) is 0 Å². The molecule has 0 fully saturated rings. The van der Waals surface area contributed by atoms with Crippen LogP contribution in [-0.2, 0) is 0 Å². The maximum Gasteiger partial charge on any atom is 0.134 e. The molecule has 0 aliphatic carbocycles. The molecule has 0 atom stereocenters. The average Bonchev–Trinajstić information content (AvgIpc) is 2.03. The summed E-state index contributed by atoms with van der Waals surface area (Å²) in [5, 5.41) is 8.89. The Labute approximate surface area is 75.1 Å². The normalized spacial score (nSPS) is 9.83. The van der Waals surface area contributed by atoms with Crippen LogP contribution in [0.15, 0.2) is 24.8 Å². The first kappa shape index (κ1) is 9.07. The number of phenolic OH excluding ortho intramolecular Hbond substituents is 1. The van der Waals surface area contributed by atoms with Gasteiger partial charge < -0.3 is 5.11 Å². The van der Waals surface area contributed by atoms with E-state index in [0.29, 0.717) is 11.1 Å². The minimum atomic E-state index is -0.499. The Hall–Kier alpha value is -1.02. The SMILES string of the molecule is C=C(CCl)c1ccc(O)cc1F. The predicted octanol–water partition coefficient (Wildman–Crippen LogP) is 2.78. The van der Waals surface area contributed by atoms with E-state index in [-0.39, 0.29) is 11.6 Å². The van der Waals surface area contributed by atoms with Gasteiger partial charge in [0.05, 0.1) is 0 Å². The maximum atomic E-state index is 13.0. The van der Waals surface area contributed by atoms with E-state index in [9.17, 15) is 4.39 Å². The summed E-state index contributed by atoms with van der Waals surface area (Å²) in [5.74, 6) is -0.416. The fourth-order valence-electron chi connectivity index (χ4n) is 0.863. The topological polar surface area (TPSA) is 20.2 Å². The van der Waals surface area contributed by atoms with Crippen molar-refractivity contribution in [3.8, 4) is 5.75 Å². The molecule has 1 aromatic rings. The standard InChI is InChI=1S/C9H8ClFO/c1-6(5-10)8-3-2-7(12)4-9(8)11/h2-4,12H,1,5H2. The van der Waals surface area contributed by atoms with Gasteiger partial charge in [-0.1, -0.05) is 6.58 Å². The van der Waals surface area contributed by atoms with E-state index in [2.05, 4.69) is 6.58 Å². The van der Waals surface area contributed by atoms with E-state index in [0.717, 1.165) is 6.07 Å². The third-order valence-electron chi connectivity index (χ3n) is 1.49. The number of phenols is 1. The molecule has 0 unspecified atom stereocenters. The summed E-state index contributed by atoms with van der Waals surface area (Å²) in [4.78, 5) is 0. The van der Waals surface area contributed by atoms with Gasteiger partial charge in [-0.15, -0.1) is 11.6 Å². The smallest absolute Gasteiger partial charge is 0.134 e. The predicted molar refractivity (Wildman–Crippen MR) is 47.8 cm³/mol. The fourth-order valence-corrected chi connectivity index (χ4v) is 1.01. The number of hydrogen-bond acceptors (Lipinski definition) is 1. The van der Waals surface area contributed by atoms with Gasteiger partial charge in [-0.05, 0) is 17.7 Å². The lowest BCUT2D eigenvalue weighted by atomic mass is 10.1. The molecule has 3 heteroatoms. The zero-order chi connectivity index (χ0) is 9.14. The van der Waals surface area contributed by atoms with Crippen molar-refractivity contribution in [3.63, 3.8) is 0 Å². The molecular formula is C9H8ClFO. The molecule has 0 aliphatic rings. The highest BCUT2D eigenvalue weighted by molar-refractivity contribution is 6.23. The summed E-state index contributed by atoms with van der Waals surface area (Å²) in [6.07, 6.45) is 0. The summed E-state index contributed by atoms with van der Waals surface area (Å²) in [5.41, 5.74) is 0.858. The first-order chi connectivity index (χ1) is 5.65. The highest BCUT2D eigenvalue weighted by Crippen LogP contribution is 2.21. The van der Waals surface area contributed by atoms with Crippen molar-refractivity contribution < 1.29 is 9.50 Å². The molecule has 1 nitrogen and oxygen atoms in total. The van der Waals surface area contributed by atoms with Crippen LogP contribution in [0.25, 0.3) is 5.57 Å². The first-order valence-corrected chi connectivity index (χ1v) is 3.91. The van der Waals surface area contributed by atoms with Crippen LogP contribution in [0.2, 0.25) is 0 Å². The number of allylic oxidation sites excluding steroid dienone is 1. The largest absolute Gasteiger partial charge is 0.508 e. The van der Waals surface area contributed by atoms with Crippen LogP contribution in [0.4, 0.5) is 4.39 Å². The van der Waals surface area contributed by atoms with Crippen LogP contribution >= 0.6 is 11.6 Å². The van der Waals surface area contributed by atoms with Crippen molar-refractivity contribution >= 4 is 17.2 Å². The van der Waals surface area contributed by atoms with Gasteiger partial charge in [0.15, 0.2) is 0 Å². The summed E-state index contributed by atoms with van der Waals surface area (Å²) in [6, 6.07) is 3.89. The summed E-state index contributed by atoms with van der Waals surface area (Å²) < 4.78 is 13.0. The minimum Gasteiger partial charge on any atom is -0.508 e. The molecule has 0 saturated carbocycles. The Bertz CT molecular complexity index is 309. The Kier molecular flexibility index (Phi) is 2.71. The van der Waals surface area contributed by atoms with Crippen LogP contribution in [0.3, 0.4) is 0 Å². The number of hydrogen-bond donors (Lipinski definition) is 1. The van der Waals surface area contributed by atoms with Crippen molar-refractivity contribution in [2.24, 2.45) is 0 Å². The quantitative estimate of drug-likeness (QED) is 0.705. The highest BCUT2D eigenvalue weighted by Gasteiger charge is 2.05. The minimum absolute atomic E-state index is 0.0985. The molecule has 0 aromatic heterocycles. The molecule has 0 saturated heterocycles. The van der Waals surface area contributed by atoms with Crippen LogP contribution in [-0.4, -0.2) is 11.0 Å². The second-order valence-corrected chi connectivity index (χ2v) is 2.67. The molecule has 0 aliphatic heterocycles. The van der Waals surface area contributed by atoms with Gasteiger partial charge in [-0.3, -0.25) is 0 Å². The number of rotatable bonds is 2. The summed E-state index contributed by atoms with van der Waals surface area (Å²) in [6.45, 7) is 3.58. The third-order valence-corrected chi connectivity index (χ3v) is 1.82. The van der Waals surface area contributed by atoms with Crippen molar-refractivity contribution in [2.45, 2.75) is 0 Å². The summed E-state index contributed by atoms with van der Waals surface area (Å²) in [7, 11) is 0. The van der Waals surface area contributed by atoms with E-state index in [4.69, 9.17) is 16.7 Å². The van der Waals surface area contributed by atoms with Crippen LogP contribution in [0, 0.1) is 5.82 Å². The fraction of sp³-hybridized carbons (Fsp3) is 0.111. The second-order valence-electron chi connectivity index (χ2n) is 2.40. The lowest BCUT2D eigenvalue weighted by Gasteiger charge is -2.03. The lowest BCUT2D eigenvalue weighted by molar-refractivity contribution is 0.469. The number of halogens is 2. The van der Waals surface area contributed by atoms with Crippen molar-refractivity contribution in [1.82, 2.24) is 0 Å². The molecule has 1 N–H and O–H groups in total. The van der Waals surface area contributed by atoms with Crippen LogP contribution in [0.5, 0.6) is 5.75 Å². The molecule has 0 spiro atoms. The zero-order valence-corrected chi connectivity index (χ0v) is 7.11. The number of alkyl halides is 1. The maximum absolute atomic E-state index is 13.0. The number of aromatic hydroxyl groups is 1. The molecule has 0 amide bonds. The monoisotopic (exact) mass is 186 g/mol. The van der Waals surface area contributed by atoms with Gasteiger partial charge in [0.25, 0.3) is 0 Å². The Morgan fingerprint density at radius 2 is 2.25 bits per heavy atom. The van der Waals surface area contributed by atoms with Gasteiger partial charge >= 0.3 is 0 Å². The van der Waals surface area contributed by atoms with Gasteiger partial charge in [0, 0.05) is 17.5 Å². The zero-order valence-electron chi connectivity index (χ0n) is 6.35. The molecule has 1 aromatic carbocycles. The average molecular weight is 187 g/mol. The molecule has 0 bridgehead atoms. The first-order valence-electron chi connectivity index (χ1n) is 3.37. The van der Waals surface area contributed by atoms with Crippen molar-refractivity contribution in [2.75, 3.05) is 5.88 Å². The number of benzene rings is 1. The van der Waals surface area contributed by atoms with E-state index in [1.165, 1.54) is 12.1 Å². The van der Waals surface area contributed by atoms with Gasteiger partial charge in [0.2, 0.25) is 0 Å². The van der Waals surface area contributed by atoms with Gasteiger partial charge in [-0.25, -0.2) is 4.39 Å². The Morgan fingerprint density at radius 1 is 1.58 bits per heavy atom. The van der Waals surface area contributed by atoms with Crippen molar-refractivity contribution in [3.05, 3.63) is 36.2 Å². The van der Waals surface area contributed by atoms with E-state index >= 15 is 0 Å². The lowest BCUT2D eigenvalue weighted by Crippen LogP contribution is -1.88. The molecule has 0 heterocycles.